The third-order valence-electron chi connectivity index (χ3n) is 2.13. The van der Waals surface area contributed by atoms with Crippen LogP contribution in [0, 0.1) is 6.61 Å². The Morgan fingerprint density at radius 1 is 1.60 bits per heavy atom. The van der Waals surface area contributed by atoms with E-state index < -0.39 is 30.3 Å². The highest BCUT2D eigenvalue weighted by Gasteiger charge is 2.42. The van der Waals surface area contributed by atoms with Gasteiger partial charge in [-0.25, -0.2) is 0 Å². The normalized spacial score (nSPS) is 32.5. The molecule has 0 spiro atoms. The number of amides is 1. The van der Waals surface area contributed by atoms with E-state index in [1.807, 2.05) is 0 Å². The van der Waals surface area contributed by atoms with Crippen LogP contribution in [0.1, 0.15) is 13.3 Å². The maximum Gasteiger partial charge on any atom is 0.471 e. The van der Waals surface area contributed by atoms with Crippen LogP contribution in [0.3, 0.4) is 0 Å². The Balaban J connectivity index is 2.54. The van der Waals surface area contributed by atoms with Crippen molar-refractivity contribution in [2.24, 2.45) is 0 Å². The summed E-state index contributed by atoms with van der Waals surface area (Å²) in [7, 11) is 0. The second-order valence-electron chi connectivity index (χ2n) is 3.31. The molecule has 0 aromatic rings. The summed E-state index contributed by atoms with van der Waals surface area (Å²) in [5.74, 6) is -2.05. The molecule has 0 aromatic heterocycles. The van der Waals surface area contributed by atoms with Crippen LogP contribution < -0.4 is 5.32 Å². The topological polar surface area (TPSA) is 58.6 Å². The van der Waals surface area contributed by atoms with Gasteiger partial charge < -0.3 is 15.2 Å². The third kappa shape index (κ3) is 3.07. The monoisotopic (exact) mass is 226 g/mol. The second-order valence-corrected chi connectivity index (χ2v) is 3.31. The van der Waals surface area contributed by atoms with Gasteiger partial charge in [0.15, 0.2) is 0 Å². The highest BCUT2D eigenvalue weighted by Crippen LogP contribution is 2.20. The average molecular weight is 226 g/mol. The first-order chi connectivity index (χ1) is 6.82. The van der Waals surface area contributed by atoms with Crippen LogP contribution in [-0.4, -0.2) is 35.4 Å². The number of carbonyl (C=O) groups is 1. The zero-order valence-electron chi connectivity index (χ0n) is 7.91. The summed E-state index contributed by atoms with van der Waals surface area (Å²) in [6, 6.07) is -0.956. The predicted octanol–water partition coefficient (Wildman–Crippen LogP) is 0.365. The van der Waals surface area contributed by atoms with Crippen molar-refractivity contribution in [3.63, 3.8) is 0 Å². The van der Waals surface area contributed by atoms with Crippen LogP contribution in [0.2, 0.25) is 0 Å². The van der Waals surface area contributed by atoms with Crippen molar-refractivity contribution in [3.05, 3.63) is 6.61 Å². The molecule has 0 aromatic carbocycles. The molecule has 15 heavy (non-hydrogen) atoms. The van der Waals surface area contributed by atoms with Crippen molar-refractivity contribution < 1.29 is 27.8 Å². The fourth-order valence-corrected chi connectivity index (χ4v) is 1.25. The second kappa shape index (κ2) is 4.36. The Hall–Kier alpha value is -0.820. The van der Waals surface area contributed by atoms with E-state index in [0.717, 1.165) is 0 Å². The quantitative estimate of drug-likeness (QED) is 0.679. The number of carbonyl (C=O) groups excluding carboxylic acids is 1. The minimum atomic E-state index is -4.93. The van der Waals surface area contributed by atoms with Gasteiger partial charge in [-0.1, -0.05) is 0 Å². The maximum atomic E-state index is 11.9. The standard InChI is InChI=1S/C8H11F3NO3/c1-4-6(13)5(2-3-15-4)12-7(14)8(9,10)11/h3-6,13H,2H2,1H3,(H,12,14)/t4-,5+,6+/m1/s1. The number of alkyl halides is 3. The van der Waals surface area contributed by atoms with Crippen LogP contribution in [0.4, 0.5) is 13.2 Å². The van der Waals surface area contributed by atoms with Crippen LogP contribution in [0.15, 0.2) is 0 Å². The molecule has 3 atom stereocenters. The van der Waals surface area contributed by atoms with Crippen LogP contribution >= 0.6 is 0 Å². The maximum absolute atomic E-state index is 11.9. The Bertz CT molecular complexity index is 244. The lowest BCUT2D eigenvalue weighted by molar-refractivity contribution is -0.176. The van der Waals surface area contributed by atoms with Crippen LogP contribution in [-0.2, 0) is 9.53 Å². The summed E-state index contributed by atoms with van der Waals surface area (Å²) in [6.07, 6.45) is -6.65. The van der Waals surface area contributed by atoms with Gasteiger partial charge in [-0.3, -0.25) is 4.79 Å². The van der Waals surface area contributed by atoms with Gasteiger partial charge >= 0.3 is 12.1 Å². The number of nitrogens with one attached hydrogen (secondary N) is 1. The lowest BCUT2D eigenvalue weighted by Gasteiger charge is -2.33. The van der Waals surface area contributed by atoms with Crippen molar-refractivity contribution in [2.75, 3.05) is 0 Å². The van der Waals surface area contributed by atoms with Crippen LogP contribution in [0.25, 0.3) is 0 Å². The zero-order chi connectivity index (χ0) is 11.6. The molecule has 87 valence electrons. The van der Waals surface area contributed by atoms with Crippen molar-refractivity contribution in [1.82, 2.24) is 5.32 Å². The van der Waals surface area contributed by atoms with Crippen molar-refractivity contribution >= 4 is 5.91 Å². The largest absolute Gasteiger partial charge is 0.471 e. The third-order valence-corrected chi connectivity index (χ3v) is 2.13. The van der Waals surface area contributed by atoms with Gasteiger partial charge in [0.1, 0.15) is 6.10 Å². The highest BCUT2D eigenvalue weighted by atomic mass is 19.4. The molecule has 1 radical (unpaired) electrons. The molecule has 4 nitrogen and oxygen atoms in total. The van der Waals surface area contributed by atoms with E-state index in [0.29, 0.717) is 0 Å². The van der Waals surface area contributed by atoms with Gasteiger partial charge in [-0.05, 0) is 13.3 Å². The molecule has 1 rings (SSSR count). The van der Waals surface area contributed by atoms with E-state index in [1.54, 1.807) is 5.32 Å². The minimum absolute atomic E-state index is 0.0489. The molecule has 7 heteroatoms. The SMILES string of the molecule is C[C@H]1O[CH]C[C@H](NC(=O)C(F)(F)F)[C@H]1O. The number of ether oxygens (including phenoxy) is 1. The van der Waals surface area contributed by atoms with E-state index in [1.165, 1.54) is 13.5 Å². The van der Waals surface area contributed by atoms with E-state index in [-0.39, 0.29) is 6.42 Å². The molecule has 1 aliphatic rings. The van der Waals surface area contributed by atoms with Gasteiger partial charge in [0.25, 0.3) is 0 Å². The van der Waals surface area contributed by atoms with Gasteiger partial charge in [-0.2, -0.15) is 13.2 Å². The van der Waals surface area contributed by atoms with E-state index in [4.69, 9.17) is 4.74 Å². The zero-order valence-corrected chi connectivity index (χ0v) is 7.91. The Morgan fingerprint density at radius 3 is 2.73 bits per heavy atom. The Labute approximate surface area is 84.4 Å². The molecule has 2 N–H and O–H groups in total. The number of aliphatic hydroxyl groups is 1. The number of hydrogen-bond donors (Lipinski definition) is 2. The Morgan fingerprint density at radius 2 is 2.20 bits per heavy atom. The van der Waals surface area contributed by atoms with Gasteiger partial charge in [0.2, 0.25) is 0 Å². The Kier molecular flexibility index (Phi) is 3.56. The molecule has 0 saturated carbocycles. The summed E-state index contributed by atoms with van der Waals surface area (Å²) < 4.78 is 40.6. The molecule has 1 fully saturated rings. The lowest BCUT2D eigenvalue weighted by atomic mass is 10.0. The highest BCUT2D eigenvalue weighted by molar-refractivity contribution is 5.82. The molecule has 1 amide bonds. The minimum Gasteiger partial charge on any atom is -0.388 e. The molecule has 1 aliphatic heterocycles. The van der Waals surface area contributed by atoms with E-state index in [2.05, 4.69) is 0 Å². The van der Waals surface area contributed by atoms with Crippen molar-refractivity contribution in [1.29, 1.82) is 0 Å². The molecule has 1 saturated heterocycles. The number of rotatable bonds is 1. The molecule has 1 heterocycles. The summed E-state index contributed by atoms with van der Waals surface area (Å²) in [5.41, 5.74) is 0. The molecule has 0 bridgehead atoms. The van der Waals surface area contributed by atoms with E-state index >= 15 is 0 Å². The fraction of sp³-hybridized carbons (Fsp3) is 0.750. The average Bonchev–Trinajstić information content (AvgIpc) is 2.11. The van der Waals surface area contributed by atoms with Crippen molar-refractivity contribution in [3.8, 4) is 0 Å². The molecular formula is C8H11F3NO3. The summed E-state index contributed by atoms with van der Waals surface area (Å²) in [4.78, 5) is 10.6. The van der Waals surface area contributed by atoms with E-state index in [9.17, 15) is 23.1 Å². The first-order valence-electron chi connectivity index (χ1n) is 4.35. The number of aliphatic hydroxyl groups excluding tert-OH is 1. The molecular weight excluding hydrogens is 215 g/mol. The van der Waals surface area contributed by atoms with Crippen molar-refractivity contribution in [2.45, 2.75) is 37.8 Å². The van der Waals surface area contributed by atoms with Gasteiger partial charge in [0, 0.05) is 0 Å². The predicted molar refractivity (Wildman–Crippen MR) is 43.5 cm³/mol. The smallest absolute Gasteiger partial charge is 0.388 e. The fourth-order valence-electron chi connectivity index (χ4n) is 1.25. The summed E-state index contributed by atoms with van der Waals surface area (Å²) in [6.45, 7) is 2.78. The van der Waals surface area contributed by atoms with Crippen LogP contribution in [0.5, 0.6) is 0 Å². The van der Waals surface area contributed by atoms with Gasteiger partial charge in [-0.15, -0.1) is 0 Å². The summed E-state index contributed by atoms with van der Waals surface area (Å²) >= 11 is 0. The first-order valence-corrected chi connectivity index (χ1v) is 4.35. The molecule has 0 unspecified atom stereocenters. The first kappa shape index (κ1) is 12.3. The number of halogens is 3. The van der Waals surface area contributed by atoms with Gasteiger partial charge in [0.05, 0.1) is 18.8 Å². The lowest BCUT2D eigenvalue weighted by Crippen LogP contribution is -2.54. The summed E-state index contributed by atoms with van der Waals surface area (Å²) in [5, 5.41) is 11.1. The molecule has 0 aliphatic carbocycles. The number of hydrogen-bond acceptors (Lipinski definition) is 3.